The summed E-state index contributed by atoms with van der Waals surface area (Å²) >= 11 is 0. The molecule has 0 bridgehead atoms. The lowest BCUT2D eigenvalue weighted by Gasteiger charge is -2.37. The summed E-state index contributed by atoms with van der Waals surface area (Å²) in [5.74, 6) is 0.178. The number of hydrogen-bond donors (Lipinski definition) is 2. The summed E-state index contributed by atoms with van der Waals surface area (Å²) < 4.78 is 0. The first-order valence-electron chi connectivity index (χ1n) is 7.26. The van der Waals surface area contributed by atoms with Crippen LogP contribution in [-0.4, -0.2) is 17.5 Å². The Kier molecular flexibility index (Phi) is 4.43. The molecule has 0 aromatic heterocycles. The van der Waals surface area contributed by atoms with E-state index in [4.69, 9.17) is 5.73 Å². The van der Waals surface area contributed by atoms with Crippen LogP contribution in [0.2, 0.25) is 0 Å². The van der Waals surface area contributed by atoms with Crippen molar-refractivity contribution in [3.8, 4) is 0 Å². The summed E-state index contributed by atoms with van der Waals surface area (Å²) in [6.45, 7) is 0. The number of carbonyl (C=O) groups excluding carboxylic acids is 1. The fraction of sp³-hybridized carbons (Fsp3) is 0.929. The molecule has 0 aromatic carbocycles. The number of carbonyl (C=O) groups is 1. The maximum atomic E-state index is 11.9. The molecular formula is C14H26N2O. The molecule has 17 heavy (non-hydrogen) atoms. The third-order valence-corrected chi connectivity index (χ3v) is 4.33. The summed E-state index contributed by atoms with van der Waals surface area (Å²) in [6.07, 6.45) is 12.6. The van der Waals surface area contributed by atoms with Gasteiger partial charge >= 0.3 is 0 Å². The molecule has 0 atom stereocenters. The Morgan fingerprint density at radius 1 is 1.06 bits per heavy atom. The third-order valence-electron chi connectivity index (χ3n) is 4.33. The SMILES string of the molecule is NC1(CC(=O)NC2CCCCCCC2)CCC1. The molecule has 0 aliphatic heterocycles. The number of nitrogens with one attached hydrogen (secondary N) is 1. The van der Waals surface area contributed by atoms with E-state index >= 15 is 0 Å². The highest BCUT2D eigenvalue weighted by molar-refractivity contribution is 5.77. The van der Waals surface area contributed by atoms with Crippen LogP contribution in [0.4, 0.5) is 0 Å². The summed E-state index contributed by atoms with van der Waals surface area (Å²) in [4.78, 5) is 11.9. The highest BCUT2D eigenvalue weighted by Crippen LogP contribution is 2.32. The smallest absolute Gasteiger partial charge is 0.222 e. The van der Waals surface area contributed by atoms with Crippen molar-refractivity contribution in [1.82, 2.24) is 5.32 Å². The highest BCUT2D eigenvalue weighted by Gasteiger charge is 2.34. The Labute approximate surface area is 105 Å². The van der Waals surface area contributed by atoms with Crippen molar-refractivity contribution in [2.75, 3.05) is 0 Å². The van der Waals surface area contributed by atoms with E-state index in [2.05, 4.69) is 5.32 Å². The lowest BCUT2D eigenvalue weighted by atomic mass is 9.75. The van der Waals surface area contributed by atoms with Crippen LogP contribution in [-0.2, 0) is 4.79 Å². The minimum atomic E-state index is -0.175. The average Bonchev–Trinajstić information content (AvgIpc) is 2.19. The molecule has 2 aliphatic carbocycles. The molecule has 3 nitrogen and oxygen atoms in total. The predicted octanol–water partition coefficient (Wildman–Crippen LogP) is 2.49. The lowest BCUT2D eigenvalue weighted by molar-refractivity contribution is -0.123. The van der Waals surface area contributed by atoms with Crippen LogP contribution in [0, 0.1) is 0 Å². The minimum absolute atomic E-state index is 0.175. The van der Waals surface area contributed by atoms with Gasteiger partial charge in [-0.2, -0.15) is 0 Å². The van der Waals surface area contributed by atoms with Crippen LogP contribution in [0.25, 0.3) is 0 Å². The van der Waals surface area contributed by atoms with Crippen LogP contribution in [0.15, 0.2) is 0 Å². The maximum Gasteiger partial charge on any atom is 0.222 e. The second-order valence-electron chi connectivity index (χ2n) is 6.00. The van der Waals surface area contributed by atoms with Gasteiger partial charge in [-0.05, 0) is 32.1 Å². The van der Waals surface area contributed by atoms with Crippen molar-refractivity contribution < 1.29 is 4.79 Å². The summed E-state index contributed by atoms with van der Waals surface area (Å²) in [5.41, 5.74) is 5.93. The van der Waals surface area contributed by atoms with Crippen molar-refractivity contribution >= 4 is 5.91 Å². The molecule has 0 radical (unpaired) electrons. The first-order valence-corrected chi connectivity index (χ1v) is 7.26. The Balaban J connectivity index is 1.72. The molecular weight excluding hydrogens is 212 g/mol. The van der Waals surface area contributed by atoms with Gasteiger partial charge in [0.25, 0.3) is 0 Å². The van der Waals surface area contributed by atoms with Gasteiger partial charge in [0.1, 0.15) is 0 Å². The zero-order valence-corrected chi connectivity index (χ0v) is 10.8. The fourth-order valence-corrected chi connectivity index (χ4v) is 3.01. The van der Waals surface area contributed by atoms with Crippen molar-refractivity contribution in [3.63, 3.8) is 0 Å². The van der Waals surface area contributed by atoms with Gasteiger partial charge in [-0.15, -0.1) is 0 Å². The summed E-state index contributed by atoms with van der Waals surface area (Å²) in [7, 11) is 0. The molecule has 98 valence electrons. The molecule has 1 amide bonds. The number of nitrogens with two attached hydrogens (primary N) is 1. The fourth-order valence-electron chi connectivity index (χ4n) is 3.01. The Bertz CT molecular complexity index is 253. The highest BCUT2D eigenvalue weighted by atomic mass is 16.1. The molecule has 0 saturated heterocycles. The van der Waals surface area contributed by atoms with Gasteiger partial charge in [0.2, 0.25) is 5.91 Å². The largest absolute Gasteiger partial charge is 0.353 e. The van der Waals surface area contributed by atoms with E-state index in [1.54, 1.807) is 0 Å². The standard InChI is InChI=1S/C14H26N2O/c15-14(9-6-10-14)11-13(17)16-12-7-4-2-1-3-5-8-12/h12H,1-11,15H2,(H,16,17). The van der Waals surface area contributed by atoms with Gasteiger partial charge in [-0.1, -0.05) is 32.1 Å². The summed E-state index contributed by atoms with van der Waals surface area (Å²) in [5, 5.41) is 3.19. The number of hydrogen-bond acceptors (Lipinski definition) is 2. The van der Waals surface area contributed by atoms with E-state index < -0.39 is 0 Å². The first kappa shape index (κ1) is 12.9. The molecule has 3 N–H and O–H groups in total. The topological polar surface area (TPSA) is 55.1 Å². The number of amides is 1. The van der Waals surface area contributed by atoms with E-state index in [1.807, 2.05) is 0 Å². The lowest BCUT2D eigenvalue weighted by Crippen LogP contribution is -2.51. The molecule has 2 saturated carbocycles. The molecule has 2 aliphatic rings. The molecule has 0 unspecified atom stereocenters. The van der Waals surface area contributed by atoms with Crippen molar-refractivity contribution in [3.05, 3.63) is 0 Å². The Morgan fingerprint density at radius 2 is 1.65 bits per heavy atom. The number of rotatable bonds is 3. The Hall–Kier alpha value is -0.570. The van der Waals surface area contributed by atoms with Gasteiger partial charge < -0.3 is 11.1 Å². The molecule has 2 rings (SSSR count). The molecule has 0 heterocycles. The van der Waals surface area contributed by atoms with Gasteiger partial charge in [0.05, 0.1) is 0 Å². The average molecular weight is 238 g/mol. The monoisotopic (exact) mass is 238 g/mol. The predicted molar refractivity (Wildman–Crippen MR) is 69.6 cm³/mol. The van der Waals surface area contributed by atoms with E-state index in [0.29, 0.717) is 12.5 Å². The normalized spacial score (nSPS) is 25.5. The Morgan fingerprint density at radius 3 is 2.18 bits per heavy atom. The van der Waals surface area contributed by atoms with Crippen LogP contribution < -0.4 is 11.1 Å². The molecule has 2 fully saturated rings. The van der Waals surface area contributed by atoms with E-state index in [-0.39, 0.29) is 11.4 Å². The van der Waals surface area contributed by atoms with E-state index in [0.717, 1.165) is 25.7 Å². The first-order chi connectivity index (χ1) is 8.18. The van der Waals surface area contributed by atoms with Crippen LogP contribution in [0.1, 0.15) is 70.6 Å². The maximum absolute atomic E-state index is 11.9. The van der Waals surface area contributed by atoms with Gasteiger partial charge in [0, 0.05) is 18.0 Å². The van der Waals surface area contributed by atoms with Crippen molar-refractivity contribution in [1.29, 1.82) is 0 Å². The molecule has 0 spiro atoms. The third kappa shape index (κ3) is 3.98. The van der Waals surface area contributed by atoms with E-state index in [9.17, 15) is 4.79 Å². The van der Waals surface area contributed by atoms with Crippen LogP contribution in [0.3, 0.4) is 0 Å². The van der Waals surface area contributed by atoms with Crippen molar-refractivity contribution in [2.45, 2.75) is 82.2 Å². The van der Waals surface area contributed by atoms with Crippen LogP contribution in [0.5, 0.6) is 0 Å². The quantitative estimate of drug-likeness (QED) is 0.793. The summed E-state index contributed by atoms with van der Waals surface area (Å²) in [6, 6.07) is 0.409. The minimum Gasteiger partial charge on any atom is -0.353 e. The zero-order valence-electron chi connectivity index (χ0n) is 10.8. The van der Waals surface area contributed by atoms with Gasteiger partial charge in [-0.3, -0.25) is 4.79 Å². The molecule has 3 heteroatoms. The van der Waals surface area contributed by atoms with Crippen molar-refractivity contribution in [2.24, 2.45) is 5.73 Å². The van der Waals surface area contributed by atoms with Gasteiger partial charge in [0.15, 0.2) is 0 Å². The second-order valence-corrected chi connectivity index (χ2v) is 6.00. The second kappa shape index (κ2) is 5.85. The van der Waals surface area contributed by atoms with E-state index in [1.165, 1.54) is 38.5 Å². The molecule has 0 aromatic rings. The zero-order chi connectivity index (χ0) is 12.1. The van der Waals surface area contributed by atoms with Crippen LogP contribution >= 0.6 is 0 Å². The van der Waals surface area contributed by atoms with Gasteiger partial charge in [-0.25, -0.2) is 0 Å².